The molecule has 1 aliphatic rings. The van der Waals surface area contributed by atoms with E-state index in [2.05, 4.69) is 46.3 Å². The van der Waals surface area contributed by atoms with Crippen LogP contribution >= 0.6 is 22.6 Å². The summed E-state index contributed by atoms with van der Waals surface area (Å²) in [6.07, 6.45) is 3.68. The average molecular weight is 511 g/mol. The fourth-order valence-electron chi connectivity index (χ4n) is 3.60. The van der Waals surface area contributed by atoms with Crippen LogP contribution in [0.15, 0.2) is 47.6 Å². The minimum atomic E-state index is -3.70. The molecule has 6 nitrogen and oxygen atoms in total. The summed E-state index contributed by atoms with van der Waals surface area (Å²) in [5, 5.41) is 0.834. The number of hydrogen-bond donors (Lipinski definition) is 0. The Bertz CT molecular complexity index is 1120. The Labute approximate surface area is 178 Å². The van der Waals surface area contributed by atoms with Crippen molar-refractivity contribution in [2.45, 2.75) is 37.9 Å². The van der Waals surface area contributed by atoms with Gasteiger partial charge in [-0.2, -0.15) is 0 Å². The number of nitrogens with zero attached hydrogens (tertiary/aromatic N) is 3. The lowest BCUT2D eigenvalue weighted by Gasteiger charge is -2.36. The number of fused-ring (bicyclic) bond motifs is 1. The Morgan fingerprint density at radius 3 is 2.43 bits per heavy atom. The molecule has 8 heteroatoms. The van der Waals surface area contributed by atoms with Crippen LogP contribution in [0.5, 0.6) is 0 Å². The molecule has 148 valence electrons. The zero-order valence-corrected chi connectivity index (χ0v) is 18.9. The molecular formula is C20H22IN3O3S. The van der Waals surface area contributed by atoms with E-state index >= 15 is 0 Å². The number of aryl methyl sites for hydroxylation is 1. The number of ether oxygens (including phenoxy) is 1. The summed E-state index contributed by atoms with van der Waals surface area (Å²) in [4.78, 5) is 7.03. The Balaban J connectivity index is 1.77. The van der Waals surface area contributed by atoms with E-state index in [9.17, 15) is 8.42 Å². The molecule has 0 spiro atoms. The van der Waals surface area contributed by atoms with Gasteiger partial charge in [-0.25, -0.2) is 17.4 Å². The van der Waals surface area contributed by atoms with Crippen molar-refractivity contribution >= 4 is 49.3 Å². The second-order valence-electron chi connectivity index (χ2n) is 7.32. The van der Waals surface area contributed by atoms with Gasteiger partial charge in [0.25, 0.3) is 10.0 Å². The Kier molecular flexibility index (Phi) is 5.13. The molecule has 3 aromatic rings. The molecular weight excluding hydrogens is 489 g/mol. The van der Waals surface area contributed by atoms with E-state index in [1.165, 1.54) is 3.97 Å². The van der Waals surface area contributed by atoms with Crippen LogP contribution in [0.4, 0.5) is 5.69 Å². The number of halogens is 1. The van der Waals surface area contributed by atoms with Crippen LogP contribution in [0.3, 0.4) is 0 Å². The Morgan fingerprint density at radius 1 is 1.14 bits per heavy atom. The van der Waals surface area contributed by atoms with E-state index in [0.29, 0.717) is 5.65 Å². The minimum absolute atomic E-state index is 0.144. The lowest BCUT2D eigenvalue weighted by molar-refractivity contribution is -0.00522. The number of anilines is 1. The number of benzene rings is 1. The van der Waals surface area contributed by atoms with E-state index in [0.717, 1.165) is 33.3 Å². The van der Waals surface area contributed by atoms with E-state index in [1.54, 1.807) is 36.7 Å². The molecule has 1 fully saturated rings. The summed E-state index contributed by atoms with van der Waals surface area (Å²) < 4.78 is 34.2. The third-order valence-electron chi connectivity index (χ3n) is 4.91. The SMILES string of the molecule is Cc1ccc(S(=O)(=O)n2cc(I)c3cc(N4C[C@@H](C)O[C@H](C)C4)cnc32)cc1. The molecule has 1 aliphatic heterocycles. The first kappa shape index (κ1) is 19.7. The van der Waals surface area contributed by atoms with E-state index in [1.807, 2.05) is 13.0 Å². The lowest BCUT2D eigenvalue weighted by Crippen LogP contribution is -2.45. The van der Waals surface area contributed by atoms with Gasteiger partial charge in [-0.05, 0) is 61.6 Å². The van der Waals surface area contributed by atoms with Crippen molar-refractivity contribution in [3.63, 3.8) is 0 Å². The average Bonchev–Trinajstić information content (AvgIpc) is 2.98. The monoisotopic (exact) mass is 511 g/mol. The van der Waals surface area contributed by atoms with Gasteiger partial charge in [-0.15, -0.1) is 0 Å². The molecule has 0 bridgehead atoms. The van der Waals surface area contributed by atoms with Crippen LogP contribution in [0.1, 0.15) is 19.4 Å². The van der Waals surface area contributed by atoms with Gasteiger partial charge in [0, 0.05) is 28.2 Å². The summed E-state index contributed by atoms with van der Waals surface area (Å²) >= 11 is 2.17. The van der Waals surface area contributed by atoms with Crippen LogP contribution < -0.4 is 4.90 Å². The van der Waals surface area contributed by atoms with Gasteiger partial charge < -0.3 is 9.64 Å². The van der Waals surface area contributed by atoms with Crippen LogP contribution in [-0.2, 0) is 14.8 Å². The molecule has 0 unspecified atom stereocenters. The van der Waals surface area contributed by atoms with E-state index in [4.69, 9.17) is 4.74 Å². The number of rotatable bonds is 3. The topological polar surface area (TPSA) is 64.4 Å². The van der Waals surface area contributed by atoms with Crippen molar-refractivity contribution in [2.75, 3.05) is 18.0 Å². The molecule has 1 saturated heterocycles. The summed E-state index contributed by atoms with van der Waals surface area (Å²) in [6.45, 7) is 7.62. The van der Waals surface area contributed by atoms with Crippen molar-refractivity contribution in [3.8, 4) is 0 Å². The third kappa shape index (κ3) is 3.53. The van der Waals surface area contributed by atoms with Crippen molar-refractivity contribution in [2.24, 2.45) is 0 Å². The third-order valence-corrected chi connectivity index (χ3v) is 7.44. The molecule has 3 heterocycles. The highest BCUT2D eigenvalue weighted by atomic mass is 127. The second kappa shape index (κ2) is 7.31. The van der Waals surface area contributed by atoms with Gasteiger partial charge >= 0.3 is 0 Å². The molecule has 0 aliphatic carbocycles. The van der Waals surface area contributed by atoms with Crippen LogP contribution in [-0.4, -0.2) is 42.7 Å². The van der Waals surface area contributed by atoms with Crippen molar-refractivity contribution < 1.29 is 13.2 Å². The Hall–Kier alpha value is -1.65. The summed E-state index contributed by atoms with van der Waals surface area (Å²) in [5.74, 6) is 0. The first-order chi connectivity index (χ1) is 13.3. The molecule has 0 N–H and O–H groups in total. The predicted molar refractivity (Wildman–Crippen MR) is 118 cm³/mol. The molecule has 2 atom stereocenters. The van der Waals surface area contributed by atoms with Crippen LogP contribution in [0.2, 0.25) is 0 Å². The highest BCUT2D eigenvalue weighted by Gasteiger charge is 2.25. The number of hydrogen-bond acceptors (Lipinski definition) is 5. The van der Waals surface area contributed by atoms with E-state index < -0.39 is 10.0 Å². The standard InChI is InChI=1S/C20H22IN3O3S/c1-13-4-6-17(7-5-13)28(25,26)24-12-19(21)18-8-16(9-22-20(18)24)23-10-14(2)27-15(3)11-23/h4-9,12,14-15H,10-11H2,1-3H3/t14-,15-/m1/s1. The second-order valence-corrected chi connectivity index (χ2v) is 10.3. The fraction of sp³-hybridized carbons (Fsp3) is 0.350. The van der Waals surface area contributed by atoms with Crippen molar-refractivity contribution in [1.29, 1.82) is 0 Å². The first-order valence-electron chi connectivity index (χ1n) is 9.15. The van der Waals surface area contributed by atoms with Crippen LogP contribution in [0.25, 0.3) is 11.0 Å². The zero-order valence-electron chi connectivity index (χ0n) is 16.0. The molecule has 2 aromatic heterocycles. The summed E-state index contributed by atoms with van der Waals surface area (Å²) in [6, 6.07) is 8.89. The maximum atomic E-state index is 13.1. The summed E-state index contributed by atoms with van der Waals surface area (Å²) in [7, 11) is -3.70. The molecule has 0 saturated carbocycles. The normalized spacial score (nSPS) is 20.6. The van der Waals surface area contributed by atoms with Crippen LogP contribution in [0, 0.1) is 10.5 Å². The molecule has 28 heavy (non-hydrogen) atoms. The smallest absolute Gasteiger partial charge is 0.269 e. The zero-order chi connectivity index (χ0) is 20.1. The van der Waals surface area contributed by atoms with Crippen molar-refractivity contribution in [3.05, 3.63) is 51.9 Å². The highest BCUT2D eigenvalue weighted by Crippen LogP contribution is 2.30. The number of aromatic nitrogens is 2. The maximum Gasteiger partial charge on any atom is 0.269 e. The first-order valence-corrected chi connectivity index (χ1v) is 11.7. The predicted octanol–water partition coefficient (Wildman–Crippen LogP) is 3.80. The van der Waals surface area contributed by atoms with Gasteiger partial charge in [0.15, 0.2) is 5.65 Å². The maximum absolute atomic E-state index is 13.1. The highest BCUT2D eigenvalue weighted by molar-refractivity contribution is 14.1. The quantitative estimate of drug-likeness (QED) is 0.501. The summed E-state index contributed by atoms with van der Waals surface area (Å²) in [5.41, 5.74) is 2.45. The van der Waals surface area contributed by atoms with Gasteiger partial charge in [-0.1, -0.05) is 17.7 Å². The van der Waals surface area contributed by atoms with Gasteiger partial charge in [-0.3, -0.25) is 0 Å². The fourth-order valence-corrected chi connectivity index (χ4v) is 5.79. The van der Waals surface area contributed by atoms with E-state index in [-0.39, 0.29) is 17.1 Å². The van der Waals surface area contributed by atoms with Crippen molar-refractivity contribution in [1.82, 2.24) is 8.96 Å². The molecule has 1 aromatic carbocycles. The lowest BCUT2D eigenvalue weighted by atomic mass is 10.2. The minimum Gasteiger partial charge on any atom is -0.372 e. The molecule has 4 rings (SSSR count). The molecule has 0 radical (unpaired) electrons. The van der Waals surface area contributed by atoms with Gasteiger partial charge in [0.2, 0.25) is 0 Å². The number of morpholine rings is 1. The molecule has 0 amide bonds. The largest absolute Gasteiger partial charge is 0.372 e. The van der Waals surface area contributed by atoms with Gasteiger partial charge in [0.1, 0.15) is 0 Å². The Morgan fingerprint density at radius 2 is 1.79 bits per heavy atom. The number of pyridine rings is 1. The van der Waals surface area contributed by atoms with Gasteiger partial charge in [0.05, 0.1) is 29.0 Å².